The Hall–Kier alpha value is -0.500. The van der Waals surface area contributed by atoms with Crippen molar-refractivity contribution in [1.29, 1.82) is 0 Å². The van der Waals surface area contributed by atoms with Gasteiger partial charge in [-0.25, -0.2) is 0 Å². The fourth-order valence-electron chi connectivity index (χ4n) is 2.09. The van der Waals surface area contributed by atoms with Crippen LogP contribution < -0.4 is 0 Å². The first-order valence-electron chi connectivity index (χ1n) is 3.47. The molecule has 48 valence electrons. The van der Waals surface area contributed by atoms with Gasteiger partial charge in [-0.15, -0.1) is 0 Å². The summed E-state index contributed by atoms with van der Waals surface area (Å²) < 4.78 is 0. The van der Waals surface area contributed by atoms with E-state index in [0.29, 0.717) is 0 Å². The second-order valence-electron chi connectivity index (χ2n) is 3.19. The highest BCUT2D eigenvalue weighted by Gasteiger charge is 2.57. The summed E-state index contributed by atoms with van der Waals surface area (Å²) in [6.07, 6.45) is 5.88. The van der Waals surface area contributed by atoms with Crippen LogP contribution in [0.25, 0.3) is 0 Å². The molecule has 9 heavy (non-hydrogen) atoms. The van der Waals surface area contributed by atoms with Gasteiger partial charge < -0.3 is 4.89 Å². The third-order valence-electron chi connectivity index (χ3n) is 2.64. The Morgan fingerprint density at radius 2 is 2.67 bits per heavy atom. The predicted molar refractivity (Wildman–Crippen MR) is 30.3 cm³/mol. The number of hydrogen-bond acceptors (Lipinski definition) is 2. The number of hydrogen-bond donors (Lipinski definition) is 0. The van der Waals surface area contributed by atoms with Gasteiger partial charge in [0.25, 0.3) is 0 Å². The lowest BCUT2D eigenvalue weighted by Gasteiger charge is -2.36. The molecule has 2 atom stereocenters. The molecule has 3 rings (SSSR count). The van der Waals surface area contributed by atoms with Crippen molar-refractivity contribution in [3.8, 4) is 0 Å². The van der Waals surface area contributed by atoms with Gasteiger partial charge in [-0.3, -0.25) is 0 Å². The highest BCUT2D eigenvalue weighted by molar-refractivity contribution is 5.27. The van der Waals surface area contributed by atoms with Crippen LogP contribution in [0.4, 0.5) is 0 Å². The lowest BCUT2D eigenvalue weighted by molar-refractivity contribution is -0.419. The molecule has 0 N–H and O–H groups in total. The zero-order chi connectivity index (χ0) is 5.90. The fourth-order valence-corrected chi connectivity index (χ4v) is 2.09. The van der Waals surface area contributed by atoms with Crippen molar-refractivity contribution < 1.29 is 9.78 Å². The van der Waals surface area contributed by atoms with Crippen molar-refractivity contribution in [3.63, 3.8) is 0 Å². The molecule has 1 aliphatic heterocycles. The van der Waals surface area contributed by atoms with Gasteiger partial charge in [0.05, 0.1) is 0 Å². The average molecular weight is 124 g/mol. The van der Waals surface area contributed by atoms with Gasteiger partial charge in [-0.2, -0.15) is 4.89 Å². The minimum absolute atomic E-state index is 0.0880. The van der Waals surface area contributed by atoms with E-state index >= 15 is 0 Å². The normalized spacial score (nSPS) is 51.6. The van der Waals surface area contributed by atoms with Gasteiger partial charge in [0, 0.05) is 0 Å². The summed E-state index contributed by atoms with van der Waals surface area (Å²) in [7, 11) is 0. The van der Waals surface area contributed by atoms with E-state index in [9.17, 15) is 0 Å². The molecule has 2 bridgehead atoms. The molecule has 2 aliphatic carbocycles. The summed E-state index contributed by atoms with van der Waals surface area (Å²) >= 11 is 0. The second kappa shape index (κ2) is 1.03. The van der Waals surface area contributed by atoms with Crippen molar-refractivity contribution in [2.75, 3.05) is 0 Å². The Kier molecular flexibility index (Phi) is 0.499. The number of allylic oxidation sites excluding steroid dienone is 1. The van der Waals surface area contributed by atoms with Crippen LogP contribution in [0.15, 0.2) is 11.8 Å². The van der Waals surface area contributed by atoms with Gasteiger partial charge in [0.15, 0.2) is 11.4 Å². The molecule has 1 spiro atoms. The summed E-state index contributed by atoms with van der Waals surface area (Å²) in [6, 6.07) is 0. The minimum Gasteiger partial charge on any atom is -0.338 e. The molecular weight excluding hydrogens is 116 g/mol. The topological polar surface area (TPSA) is 18.5 Å². The van der Waals surface area contributed by atoms with Crippen molar-refractivity contribution >= 4 is 0 Å². The summed E-state index contributed by atoms with van der Waals surface area (Å²) in [5.74, 6) is 1.88. The van der Waals surface area contributed by atoms with E-state index in [1.54, 1.807) is 0 Å². The molecule has 0 aromatic heterocycles. The Labute approximate surface area is 53.4 Å². The quantitative estimate of drug-likeness (QED) is 0.454. The van der Waals surface area contributed by atoms with Crippen LogP contribution in [0.2, 0.25) is 0 Å². The Morgan fingerprint density at radius 1 is 1.67 bits per heavy atom. The van der Waals surface area contributed by atoms with Crippen LogP contribution in [-0.4, -0.2) is 5.60 Å². The second-order valence-corrected chi connectivity index (χ2v) is 3.19. The molecule has 1 saturated heterocycles. The molecule has 2 nitrogen and oxygen atoms in total. The Balaban J connectivity index is 2.14. The van der Waals surface area contributed by atoms with Crippen LogP contribution >= 0.6 is 0 Å². The van der Waals surface area contributed by atoms with Crippen molar-refractivity contribution in [1.82, 2.24) is 0 Å². The van der Waals surface area contributed by atoms with E-state index in [-0.39, 0.29) is 5.60 Å². The first kappa shape index (κ1) is 4.34. The summed E-state index contributed by atoms with van der Waals surface area (Å²) in [6.45, 7) is 0. The molecule has 2 fully saturated rings. The zero-order valence-electron chi connectivity index (χ0n) is 5.09. The van der Waals surface area contributed by atoms with Crippen molar-refractivity contribution in [3.05, 3.63) is 11.8 Å². The van der Waals surface area contributed by atoms with Crippen LogP contribution in [0, 0.1) is 5.92 Å². The summed E-state index contributed by atoms with van der Waals surface area (Å²) in [5, 5.41) is 0. The smallest absolute Gasteiger partial charge is 0.176 e. The van der Waals surface area contributed by atoms with Crippen molar-refractivity contribution in [2.24, 2.45) is 5.92 Å². The molecule has 0 amide bonds. The van der Waals surface area contributed by atoms with E-state index in [2.05, 4.69) is 6.08 Å². The average Bonchev–Trinajstić information content (AvgIpc) is 2.32. The van der Waals surface area contributed by atoms with E-state index in [1.807, 2.05) is 0 Å². The van der Waals surface area contributed by atoms with Gasteiger partial charge in [-0.1, -0.05) is 0 Å². The minimum atomic E-state index is 0.0880. The fraction of sp³-hybridized carbons (Fsp3) is 0.714. The molecule has 0 aromatic carbocycles. The molecule has 0 radical (unpaired) electrons. The molecule has 2 unspecified atom stereocenters. The molecule has 3 aliphatic rings. The van der Waals surface area contributed by atoms with E-state index in [1.165, 1.54) is 19.3 Å². The van der Waals surface area contributed by atoms with Crippen molar-refractivity contribution in [2.45, 2.75) is 24.9 Å². The zero-order valence-corrected chi connectivity index (χ0v) is 5.09. The highest BCUT2D eigenvalue weighted by Crippen LogP contribution is 2.55. The molecule has 0 aromatic rings. The first-order valence-corrected chi connectivity index (χ1v) is 3.47. The van der Waals surface area contributed by atoms with E-state index < -0.39 is 0 Å². The monoisotopic (exact) mass is 124 g/mol. The Morgan fingerprint density at radius 3 is 3.00 bits per heavy atom. The number of rotatable bonds is 0. The Bertz CT molecular complexity index is 197. The SMILES string of the molecule is C1=C2OOC23CCC1C3. The highest BCUT2D eigenvalue weighted by atomic mass is 17.3. The predicted octanol–water partition coefficient (Wildman–Crippen LogP) is 1.38. The van der Waals surface area contributed by atoms with Crippen LogP contribution in [0.5, 0.6) is 0 Å². The maximum atomic E-state index is 5.06. The third kappa shape index (κ3) is 0.323. The van der Waals surface area contributed by atoms with Crippen LogP contribution in [0.1, 0.15) is 19.3 Å². The van der Waals surface area contributed by atoms with Gasteiger partial charge >= 0.3 is 0 Å². The standard InChI is InChI=1S/C7H8O2/c1-2-7-4-5(1)3-6(7)8-9-7/h3,5H,1-2,4H2. The largest absolute Gasteiger partial charge is 0.338 e. The maximum Gasteiger partial charge on any atom is 0.176 e. The summed E-state index contributed by atoms with van der Waals surface area (Å²) in [5.41, 5.74) is 0.0880. The number of fused-ring (bicyclic) bond motifs is 1. The summed E-state index contributed by atoms with van der Waals surface area (Å²) in [4.78, 5) is 9.91. The first-order chi connectivity index (χ1) is 4.39. The molecule has 2 heteroatoms. The molecule has 1 heterocycles. The van der Waals surface area contributed by atoms with Gasteiger partial charge in [-0.05, 0) is 31.3 Å². The van der Waals surface area contributed by atoms with Gasteiger partial charge in [0.1, 0.15) is 0 Å². The molecule has 1 saturated carbocycles. The lowest BCUT2D eigenvalue weighted by Crippen LogP contribution is -2.40. The van der Waals surface area contributed by atoms with Gasteiger partial charge in [0.2, 0.25) is 0 Å². The van der Waals surface area contributed by atoms with Crippen LogP contribution in [0.3, 0.4) is 0 Å². The van der Waals surface area contributed by atoms with E-state index in [4.69, 9.17) is 9.78 Å². The lowest BCUT2D eigenvalue weighted by atomic mass is 10.0. The van der Waals surface area contributed by atoms with E-state index in [0.717, 1.165) is 11.7 Å². The molecular formula is C7H8O2. The van der Waals surface area contributed by atoms with Crippen LogP contribution in [-0.2, 0) is 9.78 Å². The third-order valence-corrected chi connectivity index (χ3v) is 2.64. The maximum absolute atomic E-state index is 5.06.